The normalized spacial score (nSPS) is 27.5. The van der Waals surface area contributed by atoms with Gasteiger partial charge in [-0.15, -0.1) is 0 Å². The van der Waals surface area contributed by atoms with Crippen molar-refractivity contribution in [2.24, 2.45) is 10.9 Å². The van der Waals surface area contributed by atoms with E-state index in [0.29, 0.717) is 11.3 Å². The largest absolute Gasteiger partial charge is 0.380 e. The minimum Gasteiger partial charge on any atom is -0.380 e. The van der Waals surface area contributed by atoms with Gasteiger partial charge in [0, 0.05) is 17.9 Å². The van der Waals surface area contributed by atoms with E-state index < -0.39 is 0 Å². The van der Waals surface area contributed by atoms with Crippen molar-refractivity contribution >= 4 is 16.9 Å². The van der Waals surface area contributed by atoms with Gasteiger partial charge in [0.05, 0.1) is 13.2 Å². The predicted molar refractivity (Wildman–Crippen MR) is 76.8 cm³/mol. The standard InChI is InChI=1S/C13H26N2OS/c1-10(2)5-7-16-8-6-14-13-15-11(3)9-12(4)17-13/h10-12H,5-9H2,1-4H3,(H,14,15). The third-order valence-corrected chi connectivity index (χ3v) is 3.76. The van der Waals surface area contributed by atoms with Gasteiger partial charge < -0.3 is 10.1 Å². The fraction of sp³-hybridized carbons (Fsp3) is 0.923. The van der Waals surface area contributed by atoms with Gasteiger partial charge in [-0.1, -0.05) is 32.5 Å². The molecule has 17 heavy (non-hydrogen) atoms. The lowest BCUT2D eigenvalue weighted by atomic mass is 10.1. The fourth-order valence-electron chi connectivity index (χ4n) is 1.76. The Morgan fingerprint density at radius 2 is 2.18 bits per heavy atom. The van der Waals surface area contributed by atoms with Gasteiger partial charge in [-0.2, -0.15) is 0 Å². The molecule has 1 saturated heterocycles. The summed E-state index contributed by atoms with van der Waals surface area (Å²) >= 11 is 1.84. The molecule has 100 valence electrons. The van der Waals surface area contributed by atoms with Crippen LogP contribution in [0.1, 0.15) is 40.5 Å². The van der Waals surface area contributed by atoms with E-state index in [0.717, 1.165) is 37.3 Å². The molecule has 3 nitrogen and oxygen atoms in total. The zero-order valence-electron chi connectivity index (χ0n) is 11.5. The second kappa shape index (κ2) is 7.98. The van der Waals surface area contributed by atoms with Gasteiger partial charge in [-0.3, -0.25) is 4.99 Å². The summed E-state index contributed by atoms with van der Waals surface area (Å²) in [6.45, 7) is 11.3. The van der Waals surface area contributed by atoms with Crippen LogP contribution >= 0.6 is 11.8 Å². The van der Waals surface area contributed by atoms with Crippen molar-refractivity contribution in [3.8, 4) is 0 Å². The summed E-state index contributed by atoms with van der Waals surface area (Å²) in [5.74, 6) is 0.721. The van der Waals surface area contributed by atoms with E-state index in [4.69, 9.17) is 4.74 Å². The van der Waals surface area contributed by atoms with Crippen LogP contribution in [-0.2, 0) is 4.74 Å². The second-order valence-corrected chi connectivity index (χ2v) is 6.62. The Morgan fingerprint density at radius 1 is 1.41 bits per heavy atom. The molecule has 0 aliphatic carbocycles. The zero-order chi connectivity index (χ0) is 12.7. The summed E-state index contributed by atoms with van der Waals surface area (Å²) in [7, 11) is 0. The van der Waals surface area contributed by atoms with Crippen molar-refractivity contribution in [2.45, 2.75) is 51.8 Å². The number of aliphatic imine (C=N–C) groups is 1. The Bertz CT molecular complexity index is 232. The van der Waals surface area contributed by atoms with E-state index in [9.17, 15) is 0 Å². The lowest BCUT2D eigenvalue weighted by molar-refractivity contribution is 0.131. The van der Waals surface area contributed by atoms with E-state index in [2.05, 4.69) is 38.0 Å². The minimum atomic E-state index is 0.548. The lowest BCUT2D eigenvalue weighted by Crippen LogP contribution is -2.38. The topological polar surface area (TPSA) is 33.6 Å². The number of rotatable bonds is 6. The molecule has 0 aromatic carbocycles. The molecule has 0 amide bonds. The number of hydrogen-bond donors (Lipinski definition) is 1. The second-order valence-electron chi connectivity index (χ2n) is 5.19. The molecule has 0 radical (unpaired) electrons. The SMILES string of the molecule is CC(C)CCOCCN=C1NC(C)CC(C)S1. The van der Waals surface area contributed by atoms with Gasteiger partial charge in [-0.25, -0.2) is 0 Å². The first kappa shape index (κ1) is 14.8. The van der Waals surface area contributed by atoms with Crippen LogP contribution in [0.2, 0.25) is 0 Å². The molecule has 0 aromatic heterocycles. The highest BCUT2D eigenvalue weighted by molar-refractivity contribution is 8.14. The maximum absolute atomic E-state index is 5.55. The van der Waals surface area contributed by atoms with Crippen molar-refractivity contribution in [3.05, 3.63) is 0 Å². The number of amidine groups is 1. The summed E-state index contributed by atoms with van der Waals surface area (Å²) in [4.78, 5) is 4.54. The molecule has 4 heteroatoms. The van der Waals surface area contributed by atoms with Gasteiger partial charge in [0.1, 0.15) is 0 Å². The Hall–Kier alpha value is -0.220. The molecule has 1 fully saturated rings. The van der Waals surface area contributed by atoms with Crippen molar-refractivity contribution in [3.63, 3.8) is 0 Å². The highest BCUT2D eigenvalue weighted by atomic mass is 32.2. The summed E-state index contributed by atoms with van der Waals surface area (Å²) in [5, 5.41) is 5.17. The highest BCUT2D eigenvalue weighted by Crippen LogP contribution is 2.21. The van der Waals surface area contributed by atoms with E-state index >= 15 is 0 Å². The average molecular weight is 258 g/mol. The van der Waals surface area contributed by atoms with Gasteiger partial charge in [0.25, 0.3) is 0 Å². The molecule has 0 spiro atoms. The van der Waals surface area contributed by atoms with Crippen LogP contribution in [0.15, 0.2) is 4.99 Å². The van der Waals surface area contributed by atoms with Crippen LogP contribution < -0.4 is 5.32 Å². The monoisotopic (exact) mass is 258 g/mol. The summed E-state index contributed by atoms with van der Waals surface area (Å²) in [6, 6.07) is 0.548. The van der Waals surface area contributed by atoms with Crippen LogP contribution in [0.3, 0.4) is 0 Å². The zero-order valence-corrected chi connectivity index (χ0v) is 12.3. The fourth-order valence-corrected chi connectivity index (χ4v) is 2.96. The van der Waals surface area contributed by atoms with Gasteiger partial charge in [-0.05, 0) is 25.7 Å². The third-order valence-electron chi connectivity index (χ3n) is 2.70. The van der Waals surface area contributed by atoms with E-state index in [1.165, 1.54) is 6.42 Å². The van der Waals surface area contributed by atoms with Gasteiger partial charge in [0.15, 0.2) is 5.17 Å². The van der Waals surface area contributed by atoms with E-state index in [1.54, 1.807) is 0 Å². The molecule has 0 bridgehead atoms. The van der Waals surface area contributed by atoms with Gasteiger partial charge >= 0.3 is 0 Å². The molecule has 2 unspecified atom stereocenters. The minimum absolute atomic E-state index is 0.548. The molecule has 2 atom stereocenters. The molecule has 1 N–H and O–H groups in total. The van der Waals surface area contributed by atoms with Gasteiger partial charge in [0.2, 0.25) is 0 Å². The average Bonchev–Trinajstić information content (AvgIpc) is 2.21. The maximum Gasteiger partial charge on any atom is 0.157 e. The van der Waals surface area contributed by atoms with Crippen molar-refractivity contribution < 1.29 is 4.74 Å². The Labute approximate surface area is 110 Å². The number of thioether (sulfide) groups is 1. The summed E-state index contributed by atoms with van der Waals surface area (Å²) in [5.41, 5.74) is 0. The first-order valence-corrected chi connectivity index (χ1v) is 7.51. The number of nitrogens with zero attached hydrogens (tertiary/aromatic N) is 1. The van der Waals surface area contributed by atoms with Crippen LogP contribution in [0.4, 0.5) is 0 Å². The molecule has 1 aliphatic heterocycles. The Kier molecular flexibility index (Phi) is 6.97. The van der Waals surface area contributed by atoms with E-state index in [-0.39, 0.29) is 0 Å². The quantitative estimate of drug-likeness (QED) is 0.744. The van der Waals surface area contributed by atoms with Crippen molar-refractivity contribution in [1.29, 1.82) is 0 Å². The van der Waals surface area contributed by atoms with Crippen LogP contribution in [0.5, 0.6) is 0 Å². The van der Waals surface area contributed by atoms with E-state index in [1.807, 2.05) is 11.8 Å². The number of nitrogens with one attached hydrogen (secondary N) is 1. The maximum atomic E-state index is 5.55. The summed E-state index contributed by atoms with van der Waals surface area (Å²) < 4.78 is 5.55. The lowest BCUT2D eigenvalue weighted by Gasteiger charge is -2.26. The summed E-state index contributed by atoms with van der Waals surface area (Å²) in [6.07, 6.45) is 2.35. The predicted octanol–water partition coefficient (Wildman–Crippen LogP) is 2.91. The van der Waals surface area contributed by atoms with Crippen molar-refractivity contribution in [2.75, 3.05) is 19.8 Å². The Balaban J connectivity index is 2.11. The smallest absolute Gasteiger partial charge is 0.157 e. The molecule has 1 rings (SSSR count). The van der Waals surface area contributed by atoms with Crippen LogP contribution in [0.25, 0.3) is 0 Å². The molecular weight excluding hydrogens is 232 g/mol. The molecule has 0 aromatic rings. The van der Waals surface area contributed by atoms with Crippen molar-refractivity contribution in [1.82, 2.24) is 5.32 Å². The molecule has 1 aliphatic rings. The Morgan fingerprint density at radius 3 is 2.82 bits per heavy atom. The molecular formula is C13H26N2OS. The van der Waals surface area contributed by atoms with Crippen LogP contribution in [-0.4, -0.2) is 36.2 Å². The number of ether oxygens (including phenoxy) is 1. The number of hydrogen-bond acceptors (Lipinski definition) is 3. The molecule has 1 heterocycles. The highest BCUT2D eigenvalue weighted by Gasteiger charge is 2.19. The first-order valence-electron chi connectivity index (χ1n) is 6.63. The molecule has 0 saturated carbocycles. The third kappa shape index (κ3) is 6.94. The first-order chi connectivity index (χ1) is 8.08. The van der Waals surface area contributed by atoms with Crippen LogP contribution in [0, 0.1) is 5.92 Å².